The molecule has 5 heteroatoms. The molecule has 0 aliphatic heterocycles. The zero-order valence-corrected chi connectivity index (χ0v) is 8.58. The van der Waals surface area contributed by atoms with Gasteiger partial charge in [0.1, 0.15) is 0 Å². The standard InChI is InChI=1S/C10H9ClFN3/c11-8-2-1-3-9(4-8)15-10(12)7(5-13)6-14-15/h1-4,6H,5,13H2. The van der Waals surface area contributed by atoms with Crippen molar-refractivity contribution in [2.45, 2.75) is 6.54 Å². The number of nitrogens with zero attached hydrogens (tertiary/aromatic N) is 2. The van der Waals surface area contributed by atoms with Crippen LogP contribution in [0.2, 0.25) is 5.02 Å². The second kappa shape index (κ2) is 4.00. The summed E-state index contributed by atoms with van der Waals surface area (Å²) in [7, 11) is 0. The lowest BCUT2D eigenvalue weighted by Crippen LogP contribution is -2.02. The van der Waals surface area contributed by atoms with Gasteiger partial charge in [-0.2, -0.15) is 9.49 Å². The number of benzene rings is 1. The molecule has 0 aliphatic rings. The van der Waals surface area contributed by atoms with Gasteiger partial charge in [0.15, 0.2) is 0 Å². The van der Waals surface area contributed by atoms with E-state index >= 15 is 0 Å². The summed E-state index contributed by atoms with van der Waals surface area (Å²) in [6.07, 6.45) is 1.41. The van der Waals surface area contributed by atoms with Gasteiger partial charge < -0.3 is 5.73 Å². The van der Waals surface area contributed by atoms with Crippen LogP contribution >= 0.6 is 11.6 Å². The zero-order valence-electron chi connectivity index (χ0n) is 7.82. The molecule has 0 bridgehead atoms. The van der Waals surface area contributed by atoms with Gasteiger partial charge in [-0.3, -0.25) is 0 Å². The lowest BCUT2D eigenvalue weighted by atomic mass is 10.3. The van der Waals surface area contributed by atoms with Gasteiger partial charge in [-0.25, -0.2) is 4.68 Å². The quantitative estimate of drug-likeness (QED) is 0.851. The smallest absolute Gasteiger partial charge is 0.220 e. The van der Waals surface area contributed by atoms with Crippen molar-refractivity contribution in [2.24, 2.45) is 5.73 Å². The molecule has 0 spiro atoms. The minimum absolute atomic E-state index is 0.131. The first-order valence-corrected chi connectivity index (χ1v) is 4.78. The first-order chi connectivity index (χ1) is 7.22. The van der Waals surface area contributed by atoms with Crippen molar-refractivity contribution in [1.29, 1.82) is 0 Å². The first kappa shape index (κ1) is 10.1. The Labute approximate surface area is 91.3 Å². The molecule has 0 saturated heterocycles. The van der Waals surface area contributed by atoms with Crippen molar-refractivity contribution >= 4 is 11.6 Å². The van der Waals surface area contributed by atoms with Crippen molar-refractivity contribution in [2.75, 3.05) is 0 Å². The fourth-order valence-electron chi connectivity index (χ4n) is 1.29. The molecule has 0 amide bonds. The second-order valence-corrected chi connectivity index (χ2v) is 3.49. The van der Waals surface area contributed by atoms with Crippen LogP contribution in [-0.2, 0) is 6.54 Å². The fraction of sp³-hybridized carbons (Fsp3) is 0.100. The van der Waals surface area contributed by atoms with Crippen LogP contribution in [0.5, 0.6) is 0 Å². The Morgan fingerprint density at radius 3 is 2.87 bits per heavy atom. The summed E-state index contributed by atoms with van der Waals surface area (Å²) in [5.41, 5.74) is 6.32. The van der Waals surface area contributed by atoms with E-state index in [1.54, 1.807) is 24.3 Å². The van der Waals surface area contributed by atoms with E-state index in [0.717, 1.165) is 0 Å². The van der Waals surface area contributed by atoms with Gasteiger partial charge in [-0.15, -0.1) is 0 Å². The van der Waals surface area contributed by atoms with E-state index < -0.39 is 5.95 Å². The molecule has 15 heavy (non-hydrogen) atoms. The maximum Gasteiger partial charge on any atom is 0.220 e. The first-order valence-electron chi connectivity index (χ1n) is 4.41. The van der Waals surface area contributed by atoms with E-state index in [4.69, 9.17) is 17.3 Å². The number of halogens is 2. The summed E-state index contributed by atoms with van der Waals surface area (Å²) in [6.45, 7) is 0.131. The molecule has 1 aromatic carbocycles. The topological polar surface area (TPSA) is 43.8 Å². The van der Waals surface area contributed by atoms with E-state index in [9.17, 15) is 4.39 Å². The third-order valence-electron chi connectivity index (χ3n) is 2.05. The van der Waals surface area contributed by atoms with Crippen LogP contribution < -0.4 is 5.73 Å². The molecular weight excluding hydrogens is 217 g/mol. The Morgan fingerprint density at radius 1 is 1.47 bits per heavy atom. The lowest BCUT2D eigenvalue weighted by Gasteiger charge is -2.02. The summed E-state index contributed by atoms with van der Waals surface area (Å²) < 4.78 is 14.8. The van der Waals surface area contributed by atoms with Crippen LogP contribution in [0.15, 0.2) is 30.5 Å². The van der Waals surface area contributed by atoms with Gasteiger partial charge >= 0.3 is 0 Å². The normalized spacial score (nSPS) is 10.6. The average molecular weight is 226 g/mol. The molecule has 1 heterocycles. The summed E-state index contributed by atoms with van der Waals surface area (Å²) >= 11 is 5.80. The summed E-state index contributed by atoms with van der Waals surface area (Å²) in [4.78, 5) is 0. The molecule has 1 aromatic heterocycles. The molecule has 0 unspecified atom stereocenters. The molecule has 0 fully saturated rings. The highest BCUT2D eigenvalue weighted by Gasteiger charge is 2.10. The summed E-state index contributed by atoms with van der Waals surface area (Å²) in [5, 5.41) is 4.44. The summed E-state index contributed by atoms with van der Waals surface area (Å²) in [5.74, 6) is -0.445. The molecule has 2 aromatic rings. The third-order valence-corrected chi connectivity index (χ3v) is 2.29. The number of hydrogen-bond donors (Lipinski definition) is 1. The van der Waals surface area contributed by atoms with Crippen LogP contribution in [0.1, 0.15) is 5.56 Å². The molecule has 0 aliphatic carbocycles. The van der Waals surface area contributed by atoms with Crippen LogP contribution in [-0.4, -0.2) is 9.78 Å². The molecule has 0 saturated carbocycles. The molecule has 0 atom stereocenters. The van der Waals surface area contributed by atoms with Crippen molar-refractivity contribution in [3.8, 4) is 5.69 Å². The largest absolute Gasteiger partial charge is 0.326 e. The molecule has 2 N–H and O–H groups in total. The predicted molar refractivity (Wildman–Crippen MR) is 56.4 cm³/mol. The zero-order chi connectivity index (χ0) is 10.8. The van der Waals surface area contributed by atoms with Crippen molar-refractivity contribution < 1.29 is 4.39 Å². The number of aromatic nitrogens is 2. The molecule has 2 rings (SSSR count). The fourth-order valence-corrected chi connectivity index (χ4v) is 1.48. The van der Waals surface area contributed by atoms with E-state index in [1.165, 1.54) is 10.9 Å². The van der Waals surface area contributed by atoms with Gasteiger partial charge in [-0.1, -0.05) is 17.7 Å². The highest BCUT2D eigenvalue weighted by atomic mass is 35.5. The van der Waals surface area contributed by atoms with E-state index in [0.29, 0.717) is 16.3 Å². The van der Waals surface area contributed by atoms with Gasteiger partial charge in [0.05, 0.1) is 11.9 Å². The Bertz CT molecular complexity index is 481. The molecular formula is C10H9ClFN3. The average Bonchev–Trinajstić information content (AvgIpc) is 2.59. The Balaban J connectivity index is 2.49. The maximum atomic E-state index is 13.6. The minimum Gasteiger partial charge on any atom is -0.326 e. The van der Waals surface area contributed by atoms with Crippen molar-refractivity contribution in [3.63, 3.8) is 0 Å². The molecule has 0 radical (unpaired) electrons. The maximum absolute atomic E-state index is 13.6. The van der Waals surface area contributed by atoms with Crippen LogP contribution in [0.25, 0.3) is 5.69 Å². The van der Waals surface area contributed by atoms with Gasteiger partial charge in [0.25, 0.3) is 0 Å². The predicted octanol–water partition coefficient (Wildman–Crippen LogP) is 2.12. The molecule has 3 nitrogen and oxygen atoms in total. The minimum atomic E-state index is -0.445. The van der Waals surface area contributed by atoms with Crippen LogP contribution in [0, 0.1) is 5.95 Å². The monoisotopic (exact) mass is 225 g/mol. The van der Waals surface area contributed by atoms with Gasteiger partial charge in [-0.05, 0) is 18.2 Å². The highest BCUT2D eigenvalue weighted by molar-refractivity contribution is 6.30. The Morgan fingerprint density at radius 2 is 2.27 bits per heavy atom. The van der Waals surface area contributed by atoms with Crippen LogP contribution in [0.4, 0.5) is 4.39 Å². The number of hydrogen-bond acceptors (Lipinski definition) is 2. The molecule has 78 valence electrons. The summed E-state index contributed by atoms with van der Waals surface area (Å²) in [6, 6.07) is 6.82. The SMILES string of the molecule is NCc1cnn(-c2cccc(Cl)c2)c1F. The number of rotatable bonds is 2. The Hall–Kier alpha value is -1.39. The van der Waals surface area contributed by atoms with Gasteiger partial charge in [0, 0.05) is 17.1 Å². The van der Waals surface area contributed by atoms with Crippen molar-refractivity contribution in [3.05, 3.63) is 47.0 Å². The van der Waals surface area contributed by atoms with E-state index in [2.05, 4.69) is 5.10 Å². The van der Waals surface area contributed by atoms with E-state index in [1.807, 2.05) is 0 Å². The number of nitrogens with two attached hydrogens (primary N) is 1. The van der Waals surface area contributed by atoms with Gasteiger partial charge in [0.2, 0.25) is 5.95 Å². The van der Waals surface area contributed by atoms with Crippen molar-refractivity contribution in [1.82, 2.24) is 9.78 Å². The highest BCUT2D eigenvalue weighted by Crippen LogP contribution is 2.17. The second-order valence-electron chi connectivity index (χ2n) is 3.06. The third kappa shape index (κ3) is 1.86. The Kier molecular flexibility index (Phi) is 2.70. The van der Waals surface area contributed by atoms with E-state index in [-0.39, 0.29) is 6.54 Å². The lowest BCUT2D eigenvalue weighted by molar-refractivity contribution is 0.526. The van der Waals surface area contributed by atoms with Crippen LogP contribution in [0.3, 0.4) is 0 Å².